The lowest BCUT2D eigenvalue weighted by Gasteiger charge is -2.33. The third kappa shape index (κ3) is 3.18. The Morgan fingerprint density at radius 1 is 0.550 bits per heavy atom. The molecule has 0 saturated heterocycles. The van der Waals surface area contributed by atoms with Gasteiger partial charge >= 0.3 is 0 Å². The Labute approximate surface area is 239 Å². The Morgan fingerprint density at radius 2 is 1.27 bits per heavy atom. The number of benzene rings is 6. The van der Waals surface area contributed by atoms with Crippen molar-refractivity contribution >= 4 is 82.3 Å². The van der Waals surface area contributed by atoms with Crippen LogP contribution in [0.3, 0.4) is 0 Å². The van der Waals surface area contributed by atoms with E-state index in [1.165, 1.54) is 63.2 Å². The van der Waals surface area contributed by atoms with Crippen LogP contribution in [0.4, 0.5) is 17.1 Å². The highest BCUT2D eigenvalue weighted by Crippen LogP contribution is 2.52. The first-order valence-corrected chi connectivity index (χ1v) is 15.0. The van der Waals surface area contributed by atoms with Crippen LogP contribution < -0.4 is 4.90 Å². The van der Waals surface area contributed by atoms with E-state index in [0.717, 1.165) is 16.9 Å². The van der Waals surface area contributed by atoms with Crippen molar-refractivity contribution in [2.75, 3.05) is 4.90 Å². The number of thiophene rings is 1. The average molecular weight is 548 g/mol. The summed E-state index contributed by atoms with van der Waals surface area (Å²) in [5, 5.41) is 4.81. The van der Waals surface area contributed by atoms with Gasteiger partial charge in [0.25, 0.3) is 0 Å². The minimum Gasteiger partial charge on any atom is -0.455 e. The molecule has 0 bridgehead atoms. The number of nitrogens with zero attached hydrogens (tertiary/aromatic N) is 1. The molecule has 9 rings (SSSR count). The summed E-state index contributed by atoms with van der Waals surface area (Å²) >= 11 is 3.67. The summed E-state index contributed by atoms with van der Waals surface area (Å²) < 4.78 is 9.04. The molecule has 8 aromatic rings. The number of anilines is 3. The summed E-state index contributed by atoms with van der Waals surface area (Å²) in [7, 11) is 0. The van der Waals surface area contributed by atoms with Crippen molar-refractivity contribution in [2.24, 2.45) is 0 Å². The van der Waals surface area contributed by atoms with Crippen molar-refractivity contribution in [1.82, 2.24) is 0 Å². The summed E-state index contributed by atoms with van der Waals surface area (Å²) in [6.45, 7) is 0. The molecule has 3 heterocycles. The molecule has 0 unspecified atom stereocenters. The Morgan fingerprint density at radius 3 is 2.12 bits per heavy atom. The van der Waals surface area contributed by atoms with Crippen molar-refractivity contribution in [3.8, 4) is 11.1 Å². The normalized spacial score (nSPS) is 12.8. The maximum Gasteiger partial charge on any atom is 0.144 e. The summed E-state index contributed by atoms with van der Waals surface area (Å²) in [4.78, 5) is 4.93. The molecule has 4 heteroatoms. The molecule has 188 valence electrons. The Bertz CT molecular complexity index is 2230. The SMILES string of the molecule is c1cc(-c2cccc3sc4ccc5c6ccccc6oc5c4c23)cc(N2c3ccccc3Sc3ccccc32)c1. The molecular formula is C36H21NOS2. The maximum atomic E-state index is 6.52. The van der Waals surface area contributed by atoms with Crippen molar-refractivity contribution in [3.63, 3.8) is 0 Å². The largest absolute Gasteiger partial charge is 0.455 e. The van der Waals surface area contributed by atoms with Gasteiger partial charge in [0.05, 0.1) is 11.4 Å². The van der Waals surface area contributed by atoms with Gasteiger partial charge in [-0.05, 0) is 71.8 Å². The molecule has 0 saturated carbocycles. The summed E-state index contributed by atoms with van der Waals surface area (Å²) in [6, 6.07) is 45.8. The van der Waals surface area contributed by atoms with Crippen LogP contribution in [0.15, 0.2) is 142 Å². The van der Waals surface area contributed by atoms with E-state index < -0.39 is 0 Å². The minimum atomic E-state index is 0.934. The second-order valence-corrected chi connectivity index (χ2v) is 12.3. The molecule has 0 N–H and O–H groups in total. The van der Waals surface area contributed by atoms with Crippen LogP contribution in [0.1, 0.15) is 0 Å². The number of hydrogen-bond donors (Lipinski definition) is 0. The first-order chi connectivity index (χ1) is 19.8. The fourth-order valence-electron chi connectivity index (χ4n) is 6.12. The van der Waals surface area contributed by atoms with E-state index in [1.807, 2.05) is 29.2 Å². The van der Waals surface area contributed by atoms with Gasteiger partial charge < -0.3 is 9.32 Å². The second kappa shape index (κ2) is 8.49. The van der Waals surface area contributed by atoms with Crippen LogP contribution in [0, 0.1) is 0 Å². The fourth-order valence-corrected chi connectivity index (χ4v) is 8.31. The van der Waals surface area contributed by atoms with Crippen LogP contribution in [0.2, 0.25) is 0 Å². The molecule has 1 aliphatic rings. The predicted molar refractivity (Wildman–Crippen MR) is 171 cm³/mol. The monoisotopic (exact) mass is 547 g/mol. The van der Waals surface area contributed by atoms with Gasteiger partial charge in [-0.25, -0.2) is 0 Å². The van der Waals surface area contributed by atoms with E-state index in [1.54, 1.807) is 0 Å². The highest BCUT2D eigenvalue weighted by atomic mass is 32.2. The Kier molecular flexibility index (Phi) is 4.74. The van der Waals surface area contributed by atoms with Crippen molar-refractivity contribution in [3.05, 3.63) is 127 Å². The summed E-state index contributed by atoms with van der Waals surface area (Å²) in [6.07, 6.45) is 0. The lowest BCUT2D eigenvalue weighted by Crippen LogP contribution is -2.14. The highest BCUT2D eigenvalue weighted by molar-refractivity contribution is 7.99. The predicted octanol–water partition coefficient (Wildman–Crippen LogP) is 11.6. The number of furan rings is 1. The maximum absolute atomic E-state index is 6.52. The van der Waals surface area contributed by atoms with Crippen molar-refractivity contribution in [1.29, 1.82) is 0 Å². The average Bonchev–Trinajstić information content (AvgIpc) is 3.58. The van der Waals surface area contributed by atoms with Gasteiger partial charge in [0.2, 0.25) is 0 Å². The second-order valence-electron chi connectivity index (χ2n) is 10.1. The Balaban J connectivity index is 1.30. The molecular weight excluding hydrogens is 527 g/mol. The van der Waals surface area contributed by atoms with Gasteiger partial charge in [0, 0.05) is 46.4 Å². The van der Waals surface area contributed by atoms with Gasteiger partial charge in [-0.15, -0.1) is 11.3 Å². The molecule has 0 amide bonds. The van der Waals surface area contributed by atoms with Gasteiger partial charge in [0.15, 0.2) is 0 Å². The number of hydrogen-bond acceptors (Lipinski definition) is 4. The quantitative estimate of drug-likeness (QED) is 0.214. The fraction of sp³-hybridized carbons (Fsp3) is 0. The molecule has 0 spiro atoms. The molecule has 0 aliphatic carbocycles. The van der Waals surface area contributed by atoms with Gasteiger partial charge in [-0.3, -0.25) is 0 Å². The van der Waals surface area contributed by atoms with Crippen LogP contribution in [-0.4, -0.2) is 0 Å². The van der Waals surface area contributed by atoms with Crippen LogP contribution in [-0.2, 0) is 0 Å². The summed E-state index contributed by atoms with van der Waals surface area (Å²) in [5.41, 5.74) is 7.92. The topological polar surface area (TPSA) is 16.4 Å². The molecule has 40 heavy (non-hydrogen) atoms. The molecule has 2 aromatic heterocycles. The third-order valence-corrected chi connectivity index (χ3v) is 10.1. The lowest BCUT2D eigenvalue weighted by molar-refractivity contribution is 0.673. The van der Waals surface area contributed by atoms with Crippen LogP contribution >= 0.6 is 23.1 Å². The molecule has 0 fully saturated rings. The van der Waals surface area contributed by atoms with Crippen molar-refractivity contribution in [2.45, 2.75) is 9.79 Å². The first kappa shape index (κ1) is 22.3. The zero-order valence-corrected chi connectivity index (χ0v) is 22.9. The van der Waals surface area contributed by atoms with Crippen LogP contribution in [0.5, 0.6) is 0 Å². The standard InChI is InChI=1S/C36H21NOS2/c1-4-15-29-25(11-1)26-19-20-33-35(36(26)38-29)34-24(12-8-18-32(34)40-33)22-9-7-10-23(21-22)37-27-13-2-5-16-30(27)39-31-17-6-3-14-28(31)37/h1-21H. The van der Waals surface area contributed by atoms with Gasteiger partial charge in [-0.1, -0.05) is 78.5 Å². The van der Waals surface area contributed by atoms with Crippen molar-refractivity contribution < 1.29 is 4.42 Å². The van der Waals surface area contributed by atoms with Crippen LogP contribution in [0.25, 0.3) is 53.2 Å². The smallest absolute Gasteiger partial charge is 0.144 e. The molecule has 0 radical (unpaired) electrons. The third-order valence-electron chi connectivity index (χ3n) is 7.85. The molecule has 1 aliphatic heterocycles. The van der Waals surface area contributed by atoms with E-state index in [-0.39, 0.29) is 0 Å². The highest BCUT2D eigenvalue weighted by Gasteiger charge is 2.25. The molecule has 2 nitrogen and oxygen atoms in total. The lowest BCUT2D eigenvalue weighted by atomic mass is 9.98. The zero-order valence-electron chi connectivity index (χ0n) is 21.3. The number of fused-ring (bicyclic) bond motifs is 9. The van der Waals surface area contributed by atoms with E-state index in [9.17, 15) is 0 Å². The van der Waals surface area contributed by atoms with Gasteiger partial charge in [-0.2, -0.15) is 0 Å². The van der Waals surface area contributed by atoms with E-state index in [0.29, 0.717) is 0 Å². The van der Waals surface area contributed by atoms with E-state index in [2.05, 4.69) is 126 Å². The summed E-state index contributed by atoms with van der Waals surface area (Å²) in [5.74, 6) is 0. The zero-order chi connectivity index (χ0) is 26.2. The molecule has 6 aromatic carbocycles. The number of rotatable bonds is 2. The van der Waals surface area contributed by atoms with Gasteiger partial charge in [0.1, 0.15) is 11.2 Å². The molecule has 0 atom stereocenters. The minimum absolute atomic E-state index is 0.934. The Hall–Kier alpha value is -4.51. The number of para-hydroxylation sites is 3. The van der Waals surface area contributed by atoms with E-state index in [4.69, 9.17) is 4.42 Å². The first-order valence-electron chi connectivity index (χ1n) is 13.4. The van der Waals surface area contributed by atoms with E-state index >= 15 is 0 Å².